The predicted molar refractivity (Wildman–Crippen MR) is 137 cm³/mol. The summed E-state index contributed by atoms with van der Waals surface area (Å²) in [5.74, 6) is 0.759. The summed E-state index contributed by atoms with van der Waals surface area (Å²) in [5.41, 5.74) is 0. The van der Waals surface area contributed by atoms with E-state index in [1.54, 1.807) is 0 Å². The summed E-state index contributed by atoms with van der Waals surface area (Å²) >= 11 is 0. The first-order chi connectivity index (χ1) is 14.7. The monoisotopic (exact) mass is 494 g/mol. The lowest BCUT2D eigenvalue weighted by molar-refractivity contribution is -0.00000618. The number of halogens is 1. The second kappa shape index (κ2) is 13.7. The van der Waals surface area contributed by atoms with Crippen LogP contribution in [0.2, 0.25) is 0 Å². The summed E-state index contributed by atoms with van der Waals surface area (Å²) in [6, 6.07) is 33.7. The molecule has 0 aromatic heterocycles. The maximum atomic E-state index is 2.38. The summed E-state index contributed by atoms with van der Waals surface area (Å²) in [6.07, 6.45) is 12.2. The Balaban J connectivity index is 0.00000341. The van der Waals surface area contributed by atoms with Crippen molar-refractivity contribution in [3.05, 3.63) is 103 Å². The van der Waals surface area contributed by atoms with E-state index in [9.17, 15) is 0 Å². The van der Waals surface area contributed by atoms with Gasteiger partial charge in [0.05, 0.1) is 6.16 Å². The molecule has 0 saturated heterocycles. The molecule has 0 heterocycles. The Bertz CT molecular complexity index is 776. The Morgan fingerprint density at radius 1 is 0.613 bits per heavy atom. The molecular weight excluding hydrogens is 459 g/mol. The molecule has 3 rings (SSSR count). The van der Waals surface area contributed by atoms with Crippen LogP contribution in [0.25, 0.3) is 0 Å². The summed E-state index contributed by atoms with van der Waals surface area (Å²) in [5, 5.41) is 4.50. The van der Waals surface area contributed by atoms with Crippen molar-refractivity contribution in [3.63, 3.8) is 0 Å². The second-order valence-corrected chi connectivity index (χ2v) is 12.1. The third-order valence-corrected chi connectivity index (χ3v) is 10.3. The Morgan fingerprint density at radius 2 is 1.06 bits per heavy atom. The highest BCUT2D eigenvalue weighted by Gasteiger charge is 2.44. The van der Waals surface area contributed by atoms with E-state index < -0.39 is 7.26 Å². The van der Waals surface area contributed by atoms with E-state index in [-0.39, 0.29) is 17.0 Å². The molecule has 0 N–H and O–H groups in total. The topological polar surface area (TPSA) is 0 Å². The van der Waals surface area contributed by atoms with E-state index in [0.29, 0.717) is 0 Å². The molecule has 0 saturated carbocycles. The van der Waals surface area contributed by atoms with Crippen molar-refractivity contribution >= 4 is 23.2 Å². The lowest BCUT2D eigenvalue weighted by atomic mass is 10.1. The van der Waals surface area contributed by atoms with Crippen molar-refractivity contribution in [1.82, 2.24) is 0 Å². The molecule has 2 heteroatoms. The number of allylic oxidation sites excluding steroid dienone is 2. The molecule has 0 bridgehead atoms. The van der Waals surface area contributed by atoms with Gasteiger partial charge in [-0.15, -0.1) is 0 Å². The third-order valence-electron chi connectivity index (χ3n) is 5.73. The zero-order valence-electron chi connectivity index (χ0n) is 19.0. The summed E-state index contributed by atoms with van der Waals surface area (Å²) in [4.78, 5) is 0. The molecule has 164 valence electrons. The van der Waals surface area contributed by atoms with Gasteiger partial charge < -0.3 is 17.0 Å². The lowest BCUT2D eigenvalue weighted by Crippen LogP contribution is -3.00. The quantitative estimate of drug-likeness (QED) is 0.213. The Labute approximate surface area is 200 Å². The molecule has 0 nitrogen and oxygen atoms in total. The first-order valence-corrected chi connectivity index (χ1v) is 13.4. The molecule has 0 aliphatic rings. The lowest BCUT2D eigenvalue weighted by Gasteiger charge is -2.27. The van der Waals surface area contributed by atoms with E-state index in [1.807, 2.05) is 0 Å². The Hall–Kier alpha value is -1.69. The minimum absolute atomic E-state index is 0. The van der Waals surface area contributed by atoms with Crippen molar-refractivity contribution in [3.8, 4) is 0 Å². The zero-order chi connectivity index (χ0) is 21.1. The van der Waals surface area contributed by atoms with Crippen molar-refractivity contribution in [2.75, 3.05) is 6.16 Å². The molecule has 0 fully saturated rings. The van der Waals surface area contributed by atoms with Gasteiger partial charge in [-0.1, -0.05) is 80.6 Å². The molecule has 31 heavy (non-hydrogen) atoms. The predicted octanol–water partition coefficient (Wildman–Crippen LogP) is 4.15. The van der Waals surface area contributed by atoms with E-state index in [2.05, 4.69) is 117 Å². The van der Waals surface area contributed by atoms with Crippen molar-refractivity contribution in [1.29, 1.82) is 0 Å². The summed E-state index contributed by atoms with van der Waals surface area (Å²) < 4.78 is 0. The molecule has 0 aliphatic carbocycles. The van der Waals surface area contributed by atoms with Crippen LogP contribution in [-0.4, -0.2) is 6.16 Å². The molecule has 0 amide bonds. The largest absolute Gasteiger partial charge is 1.00 e. The van der Waals surface area contributed by atoms with Gasteiger partial charge in [0, 0.05) is 0 Å². The van der Waals surface area contributed by atoms with Gasteiger partial charge in [0.1, 0.15) is 23.2 Å². The van der Waals surface area contributed by atoms with Crippen molar-refractivity contribution < 1.29 is 17.0 Å². The van der Waals surface area contributed by atoms with E-state index in [0.717, 1.165) is 5.92 Å². The van der Waals surface area contributed by atoms with Crippen LogP contribution in [0.4, 0.5) is 0 Å². The number of rotatable bonds is 11. The highest BCUT2D eigenvalue weighted by molar-refractivity contribution is 7.95. The number of unbranched alkanes of at least 4 members (excludes halogenated alkanes) is 3. The van der Waals surface area contributed by atoms with Crippen LogP contribution < -0.4 is 32.9 Å². The molecule has 0 radical (unpaired) electrons. The molecule has 0 spiro atoms. The second-order valence-electron chi connectivity index (χ2n) is 8.49. The van der Waals surface area contributed by atoms with E-state index >= 15 is 0 Å². The number of hydrogen-bond donors (Lipinski definition) is 0. The zero-order valence-corrected chi connectivity index (χ0v) is 21.4. The van der Waals surface area contributed by atoms with Gasteiger partial charge in [0.2, 0.25) is 0 Å². The highest BCUT2D eigenvalue weighted by Crippen LogP contribution is 2.55. The standard InChI is InChI=1S/C29H36P.BrH/c1-26(2)18-10-5-3-4-6-17-25-30(27-19-11-7-12-20-27,28-21-13-8-14-22-28)29-23-15-9-16-24-29;/h5,7-16,19-24,26H,3-4,6,17-18,25H2,1-2H3;1H/q+1;/p-1. The normalized spacial score (nSPS) is 11.6. The molecule has 0 aliphatic heterocycles. The summed E-state index contributed by atoms with van der Waals surface area (Å²) in [7, 11) is -1.65. The van der Waals surface area contributed by atoms with Gasteiger partial charge in [-0.25, -0.2) is 0 Å². The highest BCUT2D eigenvalue weighted by atomic mass is 79.9. The molecule has 0 atom stereocenters. The molecule has 0 unspecified atom stereocenters. The Morgan fingerprint density at radius 3 is 1.48 bits per heavy atom. The fourth-order valence-corrected chi connectivity index (χ4v) is 8.57. The minimum Gasteiger partial charge on any atom is -1.00 e. The molecular formula is C29H36BrP. The van der Waals surface area contributed by atoms with Gasteiger partial charge in [0.25, 0.3) is 0 Å². The third kappa shape index (κ3) is 7.16. The van der Waals surface area contributed by atoms with Crippen LogP contribution in [0.15, 0.2) is 103 Å². The average Bonchev–Trinajstić information content (AvgIpc) is 2.80. The number of benzene rings is 3. The van der Waals surface area contributed by atoms with Crippen LogP contribution in [0, 0.1) is 5.92 Å². The van der Waals surface area contributed by atoms with Gasteiger partial charge >= 0.3 is 0 Å². The fourth-order valence-electron chi connectivity index (χ4n) is 4.16. The van der Waals surface area contributed by atoms with Gasteiger partial charge in [-0.2, -0.15) is 0 Å². The van der Waals surface area contributed by atoms with Crippen molar-refractivity contribution in [2.24, 2.45) is 5.92 Å². The van der Waals surface area contributed by atoms with Crippen LogP contribution in [0.1, 0.15) is 46.0 Å². The first kappa shape index (κ1) is 25.6. The van der Waals surface area contributed by atoms with Crippen molar-refractivity contribution in [2.45, 2.75) is 46.0 Å². The summed E-state index contributed by atoms with van der Waals surface area (Å²) in [6.45, 7) is 4.56. The SMILES string of the molecule is CC(C)CC=CCCCCC[P+](c1ccccc1)(c1ccccc1)c1ccccc1.[Br-]. The number of hydrogen-bond acceptors (Lipinski definition) is 0. The van der Waals surface area contributed by atoms with Crippen LogP contribution in [-0.2, 0) is 0 Å². The van der Waals surface area contributed by atoms with Gasteiger partial charge in [0.15, 0.2) is 0 Å². The van der Waals surface area contributed by atoms with Gasteiger partial charge in [-0.3, -0.25) is 0 Å². The average molecular weight is 495 g/mol. The van der Waals surface area contributed by atoms with Crippen LogP contribution >= 0.6 is 7.26 Å². The molecule has 3 aromatic carbocycles. The van der Waals surface area contributed by atoms with E-state index in [1.165, 1.54) is 54.2 Å². The first-order valence-electron chi connectivity index (χ1n) is 11.4. The van der Waals surface area contributed by atoms with Crippen LogP contribution in [0.3, 0.4) is 0 Å². The smallest absolute Gasteiger partial charge is 0.112 e. The maximum absolute atomic E-state index is 2.38. The van der Waals surface area contributed by atoms with Gasteiger partial charge in [-0.05, 0) is 74.4 Å². The fraction of sp³-hybridized carbons (Fsp3) is 0.310. The molecule has 3 aromatic rings. The Kier molecular flexibility index (Phi) is 11.3. The van der Waals surface area contributed by atoms with E-state index in [4.69, 9.17) is 0 Å². The van der Waals surface area contributed by atoms with Crippen LogP contribution in [0.5, 0.6) is 0 Å². The maximum Gasteiger partial charge on any atom is 0.112 e. The minimum atomic E-state index is -1.65.